The highest BCUT2D eigenvalue weighted by Crippen LogP contribution is 2.48. The summed E-state index contributed by atoms with van der Waals surface area (Å²) in [5.41, 5.74) is 0.487. The van der Waals surface area contributed by atoms with Crippen LogP contribution in [0.1, 0.15) is 47.0 Å². The number of amides is 1. The van der Waals surface area contributed by atoms with Crippen LogP contribution in [0.5, 0.6) is 0 Å². The molecule has 14 heavy (non-hydrogen) atoms. The quantitative estimate of drug-likeness (QED) is 0.762. The van der Waals surface area contributed by atoms with E-state index < -0.39 is 0 Å². The number of rotatable bonds is 3. The third kappa shape index (κ3) is 5.10. The Kier molecular flexibility index (Phi) is 5.58. The summed E-state index contributed by atoms with van der Waals surface area (Å²) in [6.07, 6.45) is 3.31. The molecule has 1 aliphatic rings. The van der Waals surface area contributed by atoms with Crippen molar-refractivity contribution in [1.82, 2.24) is 5.32 Å². The molecule has 0 aromatic heterocycles. The van der Waals surface area contributed by atoms with Gasteiger partial charge in [0, 0.05) is 6.04 Å². The molecule has 0 spiro atoms. The highest BCUT2D eigenvalue weighted by Gasteiger charge is 2.38. The summed E-state index contributed by atoms with van der Waals surface area (Å²) in [6.45, 7) is 8.27. The number of hydrogen-bond donors (Lipinski definition) is 1. The van der Waals surface area contributed by atoms with Gasteiger partial charge in [0.1, 0.15) is 0 Å². The van der Waals surface area contributed by atoms with Gasteiger partial charge in [0.25, 0.3) is 0 Å². The third-order valence-electron chi connectivity index (χ3n) is 2.45. The van der Waals surface area contributed by atoms with Crippen molar-refractivity contribution < 1.29 is 9.53 Å². The van der Waals surface area contributed by atoms with E-state index in [4.69, 9.17) is 0 Å². The molecule has 0 radical (unpaired) electrons. The maximum atomic E-state index is 10.8. The molecule has 0 heterocycles. The average Bonchev–Trinajstić information content (AvgIpc) is 2.86. The molecule has 3 heteroatoms. The van der Waals surface area contributed by atoms with E-state index in [1.54, 1.807) is 0 Å². The zero-order chi connectivity index (χ0) is 11.2. The fourth-order valence-electron chi connectivity index (χ4n) is 1.47. The van der Waals surface area contributed by atoms with Crippen LogP contribution >= 0.6 is 0 Å². The Bertz CT molecular complexity index is 176. The first-order chi connectivity index (χ1) is 6.56. The largest absolute Gasteiger partial charge is 0.453 e. The molecule has 0 saturated heterocycles. The number of carbonyl (C=O) groups is 1. The van der Waals surface area contributed by atoms with Gasteiger partial charge in [0.2, 0.25) is 0 Å². The molecule has 1 fully saturated rings. The number of nitrogens with one attached hydrogen (secondary N) is 1. The van der Waals surface area contributed by atoms with Crippen molar-refractivity contribution in [3.8, 4) is 0 Å². The number of hydrogen-bond acceptors (Lipinski definition) is 2. The van der Waals surface area contributed by atoms with E-state index in [9.17, 15) is 4.79 Å². The SMILES string of the molecule is CC.COC(=O)NC(C)CC1(C)CC1. The molecule has 3 nitrogen and oxygen atoms in total. The van der Waals surface area contributed by atoms with Gasteiger partial charge in [-0.15, -0.1) is 0 Å². The number of methoxy groups -OCH3 is 1. The Morgan fingerprint density at radius 3 is 2.36 bits per heavy atom. The highest BCUT2D eigenvalue weighted by atomic mass is 16.5. The normalized spacial score (nSPS) is 18.6. The van der Waals surface area contributed by atoms with Crippen molar-refractivity contribution in [3.63, 3.8) is 0 Å². The van der Waals surface area contributed by atoms with E-state index in [0.717, 1.165) is 6.42 Å². The van der Waals surface area contributed by atoms with Gasteiger partial charge < -0.3 is 10.1 Å². The smallest absolute Gasteiger partial charge is 0.407 e. The van der Waals surface area contributed by atoms with Crippen molar-refractivity contribution in [1.29, 1.82) is 0 Å². The second kappa shape index (κ2) is 5.89. The summed E-state index contributed by atoms with van der Waals surface area (Å²) in [5.74, 6) is 0. The van der Waals surface area contributed by atoms with Gasteiger partial charge in [-0.2, -0.15) is 0 Å². The van der Waals surface area contributed by atoms with Crippen LogP contribution in [0.2, 0.25) is 0 Å². The second-order valence-corrected chi connectivity index (χ2v) is 4.05. The van der Waals surface area contributed by atoms with Crippen LogP contribution in [0.3, 0.4) is 0 Å². The number of alkyl carbamates (subject to hydrolysis) is 1. The van der Waals surface area contributed by atoms with Crippen LogP contribution in [-0.2, 0) is 4.74 Å². The fourth-order valence-corrected chi connectivity index (χ4v) is 1.47. The fraction of sp³-hybridized carbons (Fsp3) is 0.909. The van der Waals surface area contributed by atoms with Crippen molar-refractivity contribution in [2.24, 2.45) is 5.41 Å². The Morgan fingerprint density at radius 1 is 1.50 bits per heavy atom. The Hall–Kier alpha value is -0.730. The van der Waals surface area contributed by atoms with Gasteiger partial charge in [-0.05, 0) is 31.6 Å². The minimum atomic E-state index is -0.327. The zero-order valence-corrected chi connectivity index (χ0v) is 10.0. The average molecular weight is 201 g/mol. The van der Waals surface area contributed by atoms with Crippen molar-refractivity contribution in [2.45, 2.75) is 53.0 Å². The van der Waals surface area contributed by atoms with Crippen LogP contribution in [0, 0.1) is 5.41 Å². The second-order valence-electron chi connectivity index (χ2n) is 4.05. The van der Waals surface area contributed by atoms with Gasteiger partial charge in [-0.1, -0.05) is 20.8 Å². The summed E-state index contributed by atoms with van der Waals surface area (Å²) >= 11 is 0. The Labute approximate surface area is 87.2 Å². The maximum Gasteiger partial charge on any atom is 0.407 e. The minimum absolute atomic E-state index is 0.227. The molecule has 0 aliphatic heterocycles. The molecule has 1 rings (SSSR count). The lowest BCUT2D eigenvalue weighted by Crippen LogP contribution is -2.33. The lowest BCUT2D eigenvalue weighted by Gasteiger charge is -2.16. The van der Waals surface area contributed by atoms with E-state index in [1.807, 2.05) is 20.8 Å². The van der Waals surface area contributed by atoms with Gasteiger partial charge in [-0.3, -0.25) is 0 Å². The standard InChI is InChI=1S/C9H17NO2.C2H6/c1-7(10-8(11)12-3)6-9(2)4-5-9;1-2/h7H,4-6H2,1-3H3,(H,10,11);1-2H3. The molecule has 0 aromatic carbocycles. The van der Waals surface area contributed by atoms with E-state index in [1.165, 1.54) is 20.0 Å². The maximum absolute atomic E-state index is 10.8. The van der Waals surface area contributed by atoms with E-state index in [-0.39, 0.29) is 12.1 Å². The summed E-state index contributed by atoms with van der Waals surface area (Å²) < 4.78 is 4.51. The molecule has 1 saturated carbocycles. The van der Waals surface area contributed by atoms with E-state index >= 15 is 0 Å². The molecular formula is C11H23NO2. The molecule has 0 bridgehead atoms. The van der Waals surface area contributed by atoms with Crippen LogP contribution < -0.4 is 5.32 Å². The topological polar surface area (TPSA) is 38.3 Å². The van der Waals surface area contributed by atoms with E-state index in [2.05, 4.69) is 17.0 Å². The van der Waals surface area contributed by atoms with Gasteiger partial charge in [0.05, 0.1) is 7.11 Å². The summed E-state index contributed by atoms with van der Waals surface area (Å²) in [5, 5.41) is 2.76. The highest BCUT2D eigenvalue weighted by molar-refractivity contribution is 5.67. The van der Waals surface area contributed by atoms with Crippen molar-refractivity contribution in [3.05, 3.63) is 0 Å². The molecule has 1 aliphatic carbocycles. The Balaban J connectivity index is 0.000000791. The molecule has 1 unspecified atom stereocenters. The number of ether oxygens (including phenoxy) is 1. The first kappa shape index (κ1) is 13.3. The monoisotopic (exact) mass is 201 g/mol. The predicted molar refractivity (Wildman–Crippen MR) is 58.3 cm³/mol. The van der Waals surface area contributed by atoms with Crippen LogP contribution in [0.4, 0.5) is 4.79 Å². The zero-order valence-electron chi connectivity index (χ0n) is 10.0. The molecule has 1 atom stereocenters. The van der Waals surface area contributed by atoms with Gasteiger partial charge in [0.15, 0.2) is 0 Å². The molecule has 1 N–H and O–H groups in total. The van der Waals surface area contributed by atoms with Crippen molar-refractivity contribution >= 4 is 6.09 Å². The predicted octanol–water partition coefficient (Wildman–Crippen LogP) is 2.95. The van der Waals surface area contributed by atoms with Crippen molar-refractivity contribution in [2.75, 3.05) is 7.11 Å². The van der Waals surface area contributed by atoms with Gasteiger partial charge in [-0.25, -0.2) is 4.79 Å². The Morgan fingerprint density at radius 2 is 2.00 bits per heavy atom. The third-order valence-corrected chi connectivity index (χ3v) is 2.45. The summed E-state index contributed by atoms with van der Waals surface area (Å²) in [4.78, 5) is 10.8. The minimum Gasteiger partial charge on any atom is -0.453 e. The lowest BCUT2D eigenvalue weighted by atomic mass is 10.0. The molecule has 0 aromatic rings. The summed E-state index contributed by atoms with van der Waals surface area (Å²) in [7, 11) is 1.39. The van der Waals surface area contributed by atoms with Crippen LogP contribution in [0.15, 0.2) is 0 Å². The summed E-state index contributed by atoms with van der Waals surface area (Å²) in [6, 6.07) is 0.227. The number of carbonyl (C=O) groups excluding carboxylic acids is 1. The lowest BCUT2D eigenvalue weighted by molar-refractivity contribution is 0.165. The first-order valence-electron chi connectivity index (χ1n) is 5.40. The first-order valence-corrected chi connectivity index (χ1v) is 5.40. The molecule has 84 valence electrons. The van der Waals surface area contributed by atoms with E-state index in [0.29, 0.717) is 5.41 Å². The van der Waals surface area contributed by atoms with Crippen LogP contribution in [0.25, 0.3) is 0 Å². The molecular weight excluding hydrogens is 178 g/mol. The molecule has 1 amide bonds. The van der Waals surface area contributed by atoms with Gasteiger partial charge >= 0.3 is 6.09 Å². The van der Waals surface area contributed by atoms with Crippen LogP contribution in [-0.4, -0.2) is 19.2 Å².